The molecule has 2 rings (SSSR count). The van der Waals surface area contributed by atoms with E-state index in [0.29, 0.717) is 35.0 Å². The predicted octanol–water partition coefficient (Wildman–Crippen LogP) is 4.86. The number of hydrogen-bond donors (Lipinski definition) is 2. The minimum absolute atomic E-state index is 0.173. The van der Waals surface area contributed by atoms with Crippen LogP contribution in [0.15, 0.2) is 59.2 Å². The van der Waals surface area contributed by atoms with Crippen LogP contribution in [0.5, 0.6) is 0 Å². The lowest BCUT2D eigenvalue weighted by molar-refractivity contribution is -0.135. The molecule has 9 heteroatoms. The Morgan fingerprint density at radius 2 is 2.12 bits per heavy atom. The number of hydrogen-bond acceptors (Lipinski definition) is 4. The highest BCUT2D eigenvalue weighted by Crippen LogP contribution is 2.20. The fourth-order valence-electron chi connectivity index (χ4n) is 3.20. The summed E-state index contributed by atoms with van der Waals surface area (Å²) in [5.74, 6) is -0.687. The highest BCUT2D eigenvalue weighted by molar-refractivity contribution is 6.33. The first kappa shape index (κ1) is 27.1. The van der Waals surface area contributed by atoms with Gasteiger partial charge >= 0.3 is 0 Å². The standard InChI is InChI=1S/C24H29Cl3N4O2/c1-3-7-21(29-13-11-19-8-5-6-12-28-19)24(33)31(22(27)4-2)16-23(32)30-15-17-14-18(25)9-10-20(17)26/h3-5,8-10,14,21,29H,1,6-7,11-13,15-16H2,2H3,(H,30,32)/b22-4-. The average molecular weight is 512 g/mol. The Bertz CT molecular complexity index is 944. The molecule has 0 saturated carbocycles. The molecule has 0 aliphatic carbocycles. The van der Waals surface area contributed by atoms with Gasteiger partial charge in [-0.25, -0.2) is 0 Å². The molecule has 1 atom stereocenters. The van der Waals surface area contributed by atoms with Crippen LogP contribution in [0, 0.1) is 0 Å². The van der Waals surface area contributed by atoms with Gasteiger partial charge in [-0.1, -0.05) is 53.0 Å². The van der Waals surface area contributed by atoms with Gasteiger partial charge < -0.3 is 10.6 Å². The van der Waals surface area contributed by atoms with Crippen LogP contribution in [0.25, 0.3) is 0 Å². The first-order valence-electron chi connectivity index (χ1n) is 10.7. The Hall–Kier alpha value is -2.12. The van der Waals surface area contributed by atoms with E-state index in [1.807, 2.05) is 6.08 Å². The molecule has 1 aromatic rings. The molecule has 0 aromatic heterocycles. The number of aliphatic imine (C=N–C) groups is 1. The quantitative estimate of drug-likeness (QED) is 0.311. The minimum Gasteiger partial charge on any atom is -0.350 e. The normalized spacial score (nSPS) is 14.4. The van der Waals surface area contributed by atoms with Crippen molar-refractivity contribution in [2.24, 2.45) is 4.99 Å². The van der Waals surface area contributed by atoms with Crippen LogP contribution in [0.4, 0.5) is 0 Å². The molecule has 1 aromatic carbocycles. The average Bonchev–Trinajstić information content (AvgIpc) is 2.82. The van der Waals surface area contributed by atoms with Crippen molar-refractivity contribution in [2.75, 3.05) is 19.6 Å². The third-order valence-corrected chi connectivity index (χ3v) is 5.97. The van der Waals surface area contributed by atoms with Crippen molar-refractivity contribution >= 4 is 52.3 Å². The van der Waals surface area contributed by atoms with Crippen molar-refractivity contribution in [3.63, 3.8) is 0 Å². The summed E-state index contributed by atoms with van der Waals surface area (Å²) in [4.78, 5) is 31.6. The number of carbonyl (C=O) groups is 2. The fourth-order valence-corrected chi connectivity index (χ4v) is 3.73. The van der Waals surface area contributed by atoms with Crippen molar-refractivity contribution in [3.05, 3.63) is 69.8 Å². The maximum Gasteiger partial charge on any atom is 0.245 e. The van der Waals surface area contributed by atoms with Crippen LogP contribution in [-0.4, -0.2) is 48.1 Å². The molecule has 2 amide bonds. The Kier molecular flexibility index (Phi) is 11.7. The zero-order chi connectivity index (χ0) is 24.2. The molecular weight excluding hydrogens is 483 g/mol. The predicted molar refractivity (Wildman–Crippen MR) is 137 cm³/mol. The number of allylic oxidation sites excluding steroid dienone is 2. The summed E-state index contributed by atoms with van der Waals surface area (Å²) in [6, 6.07) is 4.45. The molecule has 0 radical (unpaired) electrons. The van der Waals surface area contributed by atoms with Crippen molar-refractivity contribution in [3.8, 4) is 0 Å². The summed E-state index contributed by atoms with van der Waals surface area (Å²) in [6.45, 7) is 6.76. The summed E-state index contributed by atoms with van der Waals surface area (Å²) in [5.41, 5.74) is 1.68. The lowest BCUT2D eigenvalue weighted by atomic mass is 10.1. The second-order valence-corrected chi connectivity index (χ2v) is 8.62. The number of nitrogens with zero attached hydrogens (tertiary/aromatic N) is 2. The second-order valence-electron chi connectivity index (χ2n) is 7.39. The van der Waals surface area contributed by atoms with Gasteiger partial charge in [0.15, 0.2) is 0 Å². The molecular formula is C24H29Cl3N4O2. The first-order valence-corrected chi connectivity index (χ1v) is 11.9. The van der Waals surface area contributed by atoms with E-state index in [1.165, 1.54) is 4.90 Å². The van der Waals surface area contributed by atoms with Gasteiger partial charge in [0, 0.05) is 41.8 Å². The van der Waals surface area contributed by atoms with E-state index < -0.39 is 6.04 Å². The Balaban J connectivity index is 2.00. The van der Waals surface area contributed by atoms with E-state index in [1.54, 1.807) is 37.3 Å². The summed E-state index contributed by atoms with van der Waals surface area (Å²) < 4.78 is 0. The first-order chi connectivity index (χ1) is 15.8. The maximum atomic E-state index is 13.3. The molecule has 1 heterocycles. The minimum atomic E-state index is -0.570. The van der Waals surface area contributed by atoms with Gasteiger partial charge in [-0.15, -0.1) is 6.58 Å². The molecule has 6 nitrogen and oxygen atoms in total. The van der Waals surface area contributed by atoms with Gasteiger partial charge in [-0.05, 0) is 49.6 Å². The summed E-state index contributed by atoms with van der Waals surface area (Å²) >= 11 is 18.5. The molecule has 1 aliphatic rings. The molecule has 0 spiro atoms. The van der Waals surface area contributed by atoms with Gasteiger partial charge in [-0.2, -0.15) is 0 Å². The highest BCUT2D eigenvalue weighted by atomic mass is 35.5. The van der Waals surface area contributed by atoms with Crippen molar-refractivity contribution < 1.29 is 9.59 Å². The smallest absolute Gasteiger partial charge is 0.245 e. The van der Waals surface area contributed by atoms with Gasteiger partial charge in [0.2, 0.25) is 11.8 Å². The lowest BCUT2D eigenvalue weighted by Crippen LogP contribution is -2.48. The zero-order valence-electron chi connectivity index (χ0n) is 18.6. The molecule has 178 valence electrons. The van der Waals surface area contributed by atoms with Gasteiger partial charge in [0.05, 0.1) is 6.04 Å². The summed E-state index contributed by atoms with van der Waals surface area (Å²) in [6.07, 6.45) is 9.40. The van der Waals surface area contributed by atoms with Crippen LogP contribution in [0.2, 0.25) is 10.0 Å². The highest BCUT2D eigenvalue weighted by Gasteiger charge is 2.26. The number of carbonyl (C=O) groups excluding carboxylic acids is 2. The third-order valence-electron chi connectivity index (χ3n) is 4.94. The number of rotatable bonds is 12. The van der Waals surface area contributed by atoms with Gasteiger partial charge in [0.25, 0.3) is 0 Å². The van der Waals surface area contributed by atoms with Crippen molar-refractivity contribution in [2.45, 2.75) is 38.8 Å². The zero-order valence-corrected chi connectivity index (χ0v) is 20.9. The van der Waals surface area contributed by atoms with Gasteiger partial charge in [0.1, 0.15) is 11.7 Å². The lowest BCUT2D eigenvalue weighted by Gasteiger charge is -2.26. The molecule has 0 saturated heterocycles. The molecule has 2 N–H and O–H groups in total. The van der Waals surface area contributed by atoms with E-state index in [0.717, 1.165) is 18.7 Å². The van der Waals surface area contributed by atoms with Crippen LogP contribution in [0.3, 0.4) is 0 Å². The third kappa shape index (κ3) is 8.97. The van der Waals surface area contributed by atoms with Crippen molar-refractivity contribution in [1.82, 2.24) is 15.5 Å². The van der Waals surface area contributed by atoms with Crippen LogP contribution < -0.4 is 10.6 Å². The Morgan fingerprint density at radius 1 is 1.33 bits per heavy atom. The second kappa shape index (κ2) is 14.2. The molecule has 1 unspecified atom stereocenters. The molecule has 0 bridgehead atoms. The molecule has 33 heavy (non-hydrogen) atoms. The van der Waals surface area contributed by atoms with E-state index in [9.17, 15) is 9.59 Å². The molecule has 1 aliphatic heterocycles. The Labute approximate surface area is 210 Å². The summed E-state index contributed by atoms with van der Waals surface area (Å²) in [5, 5.41) is 7.19. The van der Waals surface area contributed by atoms with E-state index in [2.05, 4.69) is 28.3 Å². The fraction of sp³-hybridized carbons (Fsp3) is 0.375. The largest absolute Gasteiger partial charge is 0.350 e. The number of halogens is 3. The van der Waals surface area contributed by atoms with E-state index in [4.69, 9.17) is 34.8 Å². The van der Waals surface area contributed by atoms with Gasteiger partial charge in [-0.3, -0.25) is 19.5 Å². The topological polar surface area (TPSA) is 73.8 Å². The molecule has 0 fully saturated rings. The van der Waals surface area contributed by atoms with Crippen molar-refractivity contribution in [1.29, 1.82) is 0 Å². The Morgan fingerprint density at radius 3 is 2.79 bits per heavy atom. The van der Waals surface area contributed by atoms with E-state index in [-0.39, 0.29) is 30.1 Å². The number of amides is 2. The maximum absolute atomic E-state index is 13.3. The number of nitrogens with one attached hydrogen (secondary N) is 2. The summed E-state index contributed by atoms with van der Waals surface area (Å²) in [7, 11) is 0. The monoisotopic (exact) mass is 510 g/mol. The number of benzene rings is 1. The van der Waals surface area contributed by atoms with Crippen LogP contribution in [-0.2, 0) is 16.1 Å². The SMILES string of the molecule is C=CCC(NCCC1=NCCC=C1)C(=O)N(CC(=O)NCc1cc(Cl)ccc1Cl)/C(Cl)=C\C. The number of dihydropyridines is 1. The van der Waals surface area contributed by atoms with E-state index >= 15 is 0 Å². The van der Waals surface area contributed by atoms with Crippen LogP contribution in [0.1, 0.15) is 31.7 Å². The van der Waals surface area contributed by atoms with Crippen LogP contribution >= 0.6 is 34.8 Å².